The SMILES string of the molecule is Cc1nc2ccccn2c1CNc1c(Cl)cc(F)cc1Br. The maximum absolute atomic E-state index is 13.2. The highest BCUT2D eigenvalue weighted by Crippen LogP contribution is 2.32. The maximum atomic E-state index is 13.2. The Bertz CT molecular complexity index is 793. The highest BCUT2D eigenvalue weighted by Gasteiger charge is 2.11. The number of nitrogens with one attached hydrogen (secondary N) is 1. The van der Waals surface area contributed by atoms with Crippen molar-refractivity contribution in [2.75, 3.05) is 5.32 Å². The molecule has 6 heteroatoms. The Hall–Kier alpha value is -1.59. The lowest BCUT2D eigenvalue weighted by Gasteiger charge is -2.11. The van der Waals surface area contributed by atoms with Gasteiger partial charge < -0.3 is 9.72 Å². The van der Waals surface area contributed by atoms with Crippen molar-refractivity contribution in [2.45, 2.75) is 13.5 Å². The van der Waals surface area contributed by atoms with Crippen LogP contribution in [0.4, 0.5) is 10.1 Å². The first-order valence-corrected chi connectivity index (χ1v) is 7.54. The zero-order valence-electron chi connectivity index (χ0n) is 11.2. The second-order valence-corrected chi connectivity index (χ2v) is 5.93. The van der Waals surface area contributed by atoms with Gasteiger partial charge >= 0.3 is 0 Å². The van der Waals surface area contributed by atoms with E-state index in [1.807, 2.05) is 35.7 Å². The van der Waals surface area contributed by atoms with E-state index >= 15 is 0 Å². The van der Waals surface area contributed by atoms with Crippen LogP contribution in [0, 0.1) is 12.7 Å². The van der Waals surface area contributed by atoms with E-state index in [1.54, 1.807) is 0 Å². The molecule has 3 nitrogen and oxygen atoms in total. The molecule has 0 fully saturated rings. The molecule has 0 saturated carbocycles. The molecule has 0 atom stereocenters. The van der Waals surface area contributed by atoms with E-state index in [1.165, 1.54) is 12.1 Å². The number of aromatic nitrogens is 2. The van der Waals surface area contributed by atoms with Crippen molar-refractivity contribution >= 4 is 38.9 Å². The Balaban J connectivity index is 1.92. The average Bonchev–Trinajstić information content (AvgIpc) is 2.73. The number of benzene rings is 1. The van der Waals surface area contributed by atoms with Crippen molar-refractivity contribution in [1.29, 1.82) is 0 Å². The van der Waals surface area contributed by atoms with Crippen LogP contribution in [0.25, 0.3) is 5.65 Å². The number of fused-ring (bicyclic) bond motifs is 1. The number of rotatable bonds is 3. The smallest absolute Gasteiger partial charge is 0.137 e. The number of anilines is 1. The molecule has 1 N–H and O–H groups in total. The number of aryl methyl sites for hydroxylation is 1. The van der Waals surface area contributed by atoms with Crippen LogP contribution in [0.2, 0.25) is 5.02 Å². The average molecular weight is 369 g/mol. The summed E-state index contributed by atoms with van der Waals surface area (Å²) in [5.41, 5.74) is 3.56. The van der Waals surface area contributed by atoms with Crippen LogP contribution >= 0.6 is 27.5 Å². The minimum atomic E-state index is -0.372. The molecule has 3 aromatic rings. The molecule has 0 aliphatic rings. The Morgan fingerprint density at radius 3 is 2.95 bits per heavy atom. The van der Waals surface area contributed by atoms with E-state index in [0.717, 1.165) is 17.0 Å². The van der Waals surface area contributed by atoms with E-state index < -0.39 is 0 Å². The van der Waals surface area contributed by atoms with Crippen molar-refractivity contribution in [2.24, 2.45) is 0 Å². The van der Waals surface area contributed by atoms with Crippen LogP contribution in [0.3, 0.4) is 0 Å². The lowest BCUT2D eigenvalue weighted by Crippen LogP contribution is -2.05. The second-order valence-electron chi connectivity index (χ2n) is 4.67. The molecule has 108 valence electrons. The molecular formula is C15H12BrClFN3. The molecule has 3 rings (SSSR count). The highest BCUT2D eigenvalue weighted by atomic mass is 79.9. The van der Waals surface area contributed by atoms with Gasteiger partial charge in [-0.05, 0) is 47.1 Å². The standard InChI is InChI=1S/C15H12BrClFN3/c1-9-13(21-5-3-2-4-14(21)20-9)8-19-15-11(16)6-10(18)7-12(15)17/h2-7,19H,8H2,1H3. The topological polar surface area (TPSA) is 29.3 Å². The van der Waals surface area contributed by atoms with Crippen LogP contribution in [-0.4, -0.2) is 9.38 Å². The molecule has 0 radical (unpaired) electrons. The summed E-state index contributed by atoms with van der Waals surface area (Å²) >= 11 is 9.40. The number of imidazole rings is 1. The van der Waals surface area contributed by atoms with Crippen molar-refractivity contribution < 1.29 is 4.39 Å². The van der Waals surface area contributed by atoms with Crippen LogP contribution in [0.1, 0.15) is 11.4 Å². The fourth-order valence-electron chi connectivity index (χ4n) is 2.26. The summed E-state index contributed by atoms with van der Waals surface area (Å²) in [6.45, 7) is 2.51. The molecule has 0 amide bonds. The van der Waals surface area contributed by atoms with Crippen molar-refractivity contribution in [1.82, 2.24) is 9.38 Å². The highest BCUT2D eigenvalue weighted by molar-refractivity contribution is 9.10. The van der Waals surface area contributed by atoms with Gasteiger partial charge in [-0.2, -0.15) is 0 Å². The summed E-state index contributed by atoms with van der Waals surface area (Å²) in [5.74, 6) is -0.372. The number of nitrogens with zero attached hydrogens (tertiary/aromatic N) is 2. The molecule has 0 aliphatic carbocycles. The zero-order valence-corrected chi connectivity index (χ0v) is 13.5. The third-order valence-electron chi connectivity index (χ3n) is 3.27. The van der Waals surface area contributed by atoms with Gasteiger partial charge in [0.15, 0.2) is 0 Å². The maximum Gasteiger partial charge on any atom is 0.137 e. The van der Waals surface area contributed by atoms with Gasteiger partial charge in [-0.3, -0.25) is 0 Å². The minimum Gasteiger partial charge on any atom is -0.377 e. The van der Waals surface area contributed by atoms with Crippen molar-refractivity contribution in [3.8, 4) is 0 Å². The molecule has 1 aromatic carbocycles. The molecule has 0 spiro atoms. The van der Waals surface area contributed by atoms with Gasteiger partial charge in [-0.15, -0.1) is 0 Å². The van der Waals surface area contributed by atoms with E-state index in [4.69, 9.17) is 11.6 Å². The molecule has 2 aromatic heterocycles. The number of hydrogen-bond donors (Lipinski definition) is 1. The van der Waals surface area contributed by atoms with Crippen LogP contribution in [-0.2, 0) is 6.54 Å². The van der Waals surface area contributed by atoms with Crippen molar-refractivity contribution in [3.63, 3.8) is 0 Å². The quantitative estimate of drug-likeness (QED) is 0.719. The van der Waals surface area contributed by atoms with E-state index in [0.29, 0.717) is 21.7 Å². The summed E-state index contributed by atoms with van der Waals surface area (Å²) in [6, 6.07) is 8.54. The summed E-state index contributed by atoms with van der Waals surface area (Å²) in [7, 11) is 0. The van der Waals surface area contributed by atoms with E-state index in [2.05, 4.69) is 26.2 Å². The monoisotopic (exact) mass is 367 g/mol. The minimum absolute atomic E-state index is 0.341. The van der Waals surface area contributed by atoms with Gasteiger partial charge in [0.05, 0.1) is 28.6 Å². The first kappa shape index (κ1) is 14.4. The van der Waals surface area contributed by atoms with Gasteiger partial charge in [0.1, 0.15) is 11.5 Å². The summed E-state index contributed by atoms with van der Waals surface area (Å²) in [6.07, 6.45) is 1.97. The lowest BCUT2D eigenvalue weighted by atomic mass is 10.3. The van der Waals surface area contributed by atoms with Gasteiger partial charge in [0, 0.05) is 10.7 Å². The molecule has 2 heterocycles. The zero-order chi connectivity index (χ0) is 15.0. The number of pyridine rings is 1. The first-order valence-electron chi connectivity index (χ1n) is 6.37. The normalized spacial score (nSPS) is 11.0. The third kappa shape index (κ3) is 2.76. The number of halogens is 3. The van der Waals surface area contributed by atoms with Crippen LogP contribution in [0.5, 0.6) is 0 Å². The molecule has 21 heavy (non-hydrogen) atoms. The van der Waals surface area contributed by atoms with Crippen molar-refractivity contribution in [3.05, 3.63) is 63.2 Å². The molecule has 0 aliphatic heterocycles. The molecule has 0 bridgehead atoms. The number of hydrogen-bond acceptors (Lipinski definition) is 2. The first-order chi connectivity index (χ1) is 10.1. The van der Waals surface area contributed by atoms with Crippen LogP contribution < -0.4 is 5.32 Å². The Morgan fingerprint density at radius 1 is 1.38 bits per heavy atom. The third-order valence-corrected chi connectivity index (χ3v) is 4.19. The predicted octanol–water partition coefficient (Wildman–Crippen LogP) is 4.81. The summed E-state index contributed by atoms with van der Waals surface area (Å²) in [5, 5.41) is 3.58. The molecular weight excluding hydrogens is 357 g/mol. The van der Waals surface area contributed by atoms with Gasteiger partial charge in [-0.25, -0.2) is 9.37 Å². The molecule has 0 saturated heterocycles. The van der Waals surface area contributed by atoms with Gasteiger partial charge in [-0.1, -0.05) is 17.7 Å². The van der Waals surface area contributed by atoms with Gasteiger partial charge in [0.2, 0.25) is 0 Å². The fraction of sp³-hybridized carbons (Fsp3) is 0.133. The fourth-order valence-corrected chi connectivity index (χ4v) is 3.22. The van der Waals surface area contributed by atoms with E-state index in [9.17, 15) is 4.39 Å². The van der Waals surface area contributed by atoms with E-state index in [-0.39, 0.29) is 5.82 Å². The Morgan fingerprint density at radius 2 is 2.19 bits per heavy atom. The predicted molar refractivity (Wildman–Crippen MR) is 86.4 cm³/mol. The Labute approximate surface area is 134 Å². The van der Waals surface area contributed by atoms with Crippen LogP contribution in [0.15, 0.2) is 41.0 Å². The Kier molecular flexibility index (Phi) is 3.87. The molecule has 0 unspecified atom stereocenters. The largest absolute Gasteiger partial charge is 0.377 e. The lowest BCUT2D eigenvalue weighted by molar-refractivity contribution is 0.627. The summed E-state index contributed by atoms with van der Waals surface area (Å²) < 4.78 is 15.9. The van der Waals surface area contributed by atoms with Gasteiger partial charge in [0.25, 0.3) is 0 Å². The summed E-state index contributed by atoms with van der Waals surface area (Å²) in [4.78, 5) is 4.50. The second kappa shape index (κ2) is 5.66.